The van der Waals surface area contributed by atoms with E-state index in [-0.39, 0.29) is 6.03 Å². The lowest BCUT2D eigenvalue weighted by Crippen LogP contribution is -2.47. The van der Waals surface area contributed by atoms with E-state index in [1.165, 1.54) is 36.8 Å². The second kappa shape index (κ2) is 9.53. The Hall–Kier alpha value is -3.66. The number of anilines is 3. The number of aromatic nitrogens is 3. The highest BCUT2D eigenvalue weighted by Crippen LogP contribution is 2.29. The van der Waals surface area contributed by atoms with E-state index in [1.54, 1.807) is 6.07 Å². The molecule has 2 fully saturated rings. The normalized spacial score (nSPS) is 17.1. The van der Waals surface area contributed by atoms with Gasteiger partial charge in [-0.25, -0.2) is 19.6 Å². The SMILES string of the molecule is Cc1c(C)n(C(N)=O)c2cc(Nc3cc(NC(=O)N4CCC(N5CCCC5)CC4)ncn3)ccc12. The molecule has 184 valence electrons. The van der Waals surface area contributed by atoms with Gasteiger partial charge in [0.2, 0.25) is 0 Å². The van der Waals surface area contributed by atoms with E-state index in [4.69, 9.17) is 5.73 Å². The molecule has 0 radical (unpaired) electrons. The van der Waals surface area contributed by atoms with Crippen LogP contribution in [0.1, 0.15) is 36.9 Å². The van der Waals surface area contributed by atoms with Crippen molar-refractivity contribution in [1.82, 2.24) is 24.3 Å². The summed E-state index contributed by atoms with van der Waals surface area (Å²) in [5, 5.41) is 7.11. The Balaban J connectivity index is 1.25. The number of hydrogen-bond acceptors (Lipinski definition) is 6. The second-order valence-electron chi connectivity index (χ2n) is 9.42. The van der Waals surface area contributed by atoms with Crippen molar-refractivity contribution in [1.29, 1.82) is 0 Å². The zero-order valence-electron chi connectivity index (χ0n) is 20.3. The highest BCUT2D eigenvalue weighted by molar-refractivity contribution is 5.96. The molecule has 10 heteroatoms. The van der Waals surface area contributed by atoms with Crippen molar-refractivity contribution in [3.05, 3.63) is 41.9 Å². The van der Waals surface area contributed by atoms with Crippen LogP contribution in [0.2, 0.25) is 0 Å². The summed E-state index contributed by atoms with van der Waals surface area (Å²) in [5.74, 6) is 0.968. The first-order valence-electron chi connectivity index (χ1n) is 12.2. The number of piperidine rings is 1. The number of likely N-dealkylation sites (tertiary alicyclic amines) is 2. The van der Waals surface area contributed by atoms with Crippen LogP contribution in [0.5, 0.6) is 0 Å². The average molecular weight is 477 g/mol. The summed E-state index contributed by atoms with van der Waals surface area (Å²) in [7, 11) is 0. The Morgan fingerprint density at radius 3 is 2.43 bits per heavy atom. The summed E-state index contributed by atoms with van der Waals surface area (Å²) < 4.78 is 1.51. The van der Waals surface area contributed by atoms with Crippen molar-refractivity contribution >= 4 is 40.3 Å². The predicted molar refractivity (Wildman–Crippen MR) is 136 cm³/mol. The topological polar surface area (TPSA) is 121 Å². The standard InChI is InChI=1S/C25H32N8O2/c1-16-17(2)33(24(26)34)21-13-18(5-6-20(16)21)29-22-14-23(28-15-27-22)30-25(35)32-11-7-19(8-12-32)31-9-3-4-10-31/h5-6,13-15,19H,3-4,7-12H2,1-2H3,(H2,26,34)(H2,27,28,29,30,35). The monoisotopic (exact) mass is 476 g/mol. The number of rotatable bonds is 4. The zero-order valence-corrected chi connectivity index (χ0v) is 20.3. The summed E-state index contributed by atoms with van der Waals surface area (Å²) in [6.07, 6.45) is 6.01. The van der Waals surface area contributed by atoms with Crippen molar-refractivity contribution in [2.45, 2.75) is 45.6 Å². The van der Waals surface area contributed by atoms with E-state index in [0.717, 1.165) is 53.8 Å². The van der Waals surface area contributed by atoms with Crippen molar-refractivity contribution < 1.29 is 9.59 Å². The van der Waals surface area contributed by atoms with Crippen LogP contribution in [0.15, 0.2) is 30.6 Å². The third-order valence-electron chi connectivity index (χ3n) is 7.32. The molecule has 4 N–H and O–H groups in total. The lowest BCUT2D eigenvalue weighted by molar-refractivity contribution is 0.140. The fourth-order valence-corrected chi connectivity index (χ4v) is 5.31. The van der Waals surface area contributed by atoms with Crippen LogP contribution in [0.4, 0.5) is 26.9 Å². The Morgan fingerprint density at radius 2 is 1.71 bits per heavy atom. The van der Waals surface area contributed by atoms with E-state index in [9.17, 15) is 9.59 Å². The Kier molecular flexibility index (Phi) is 6.29. The summed E-state index contributed by atoms with van der Waals surface area (Å²) in [4.78, 5) is 37.7. The van der Waals surface area contributed by atoms with Crippen molar-refractivity contribution in [3.8, 4) is 0 Å². The van der Waals surface area contributed by atoms with Gasteiger partial charge in [0.1, 0.15) is 18.0 Å². The van der Waals surface area contributed by atoms with Crippen LogP contribution in [0.25, 0.3) is 10.9 Å². The molecule has 2 aliphatic rings. The van der Waals surface area contributed by atoms with Crippen molar-refractivity contribution in [2.24, 2.45) is 5.73 Å². The van der Waals surface area contributed by atoms with Gasteiger partial charge >= 0.3 is 12.1 Å². The highest BCUT2D eigenvalue weighted by atomic mass is 16.2. The van der Waals surface area contributed by atoms with E-state index in [0.29, 0.717) is 17.7 Å². The van der Waals surface area contributed by atoms with Gasteiger partial charge in [-0.1, -0.05) is 6.07 Å². The number of fused-ring (bicyclic) bond motifs is 1. The molecule has 3 aromatic rings. The van der Waals surface area contributed by atoms with E-state index in [1.807, 2.05) is 36.9 Å². The summed E-state index contributed by atoms with van der Waals surface area (Å²) in [6, 6.07) is 7.38. The van der Waals surface area contributed by atoms with Gasteiger partial charge in [-0.3, -0.25) is 9.88 Å². The molecule has 10 nitrogen and oxygen atoms in total. The average Bonchev–Trinajstić information content (AvgIpc) is 3.47. The maximum absolute atomic E-state index is 12.8. The molecular weight excluding hydrogens is 444 g/mol. The maximum atomic E-state index is 12.8. The lowest BCUT2D eigenvalue weighted by Gasteiger charge is -2.36. The molecule has 0 bridgehead atoms. The van der Waals surface area contributed by atoms with Crippen molar-refractivity contribution in [3.63, 3.8) is 0 Å². The lowest BCUT2D eigenvalue weighted by atomic mass is 10.0. The molecule has 1 aromatic carbocycles. The minimum absolute atomic E-state index is 0.138. The molecule has 3 amide bonds. The first-order chi connectivity index (χ1) is 16.9. The van der Waals surface area contributed by atoms with Gasteiger partial charge in [0.05, 0.1) is 5.52 Å². The van der Waals surface area contributed by atoms with Gasteiger partial charge in [0.15, 0.2) is 0 Å². The number of nitrogens with one attached hydrogen (secondary N) is 2. The third kappa shape index (κ3) is 4.66. The van der Waals surface area contributed by atoms with Gasteiger partial charge in [0.25, 0.3) is 0 Å². The van der Waals surface area contributed by atoms with E-state index >= 15 is 0 Å². The smallest absolute Gasteiger partial charge is 0.323 e. The molecule has 0 saturated carbocycles. The molecule has 0 atom stereocenters. The molecule has 2 saturated heterocycles. The van der Waals surface area contributed by atoms with Gasteiger partial charge in [-0.05, 0) is 70.3 Å². The fraction of sp³-hybridized carbons (Fsp3) is 0.440. The number of carbonyl (C=O) groups is 2. The largest absolute Gasteiger partial charge is 0.351 e. The predicted octanol–water partition coefficient (Wildman–Crippen LogP) is 3.81. The van der Waals surface area contributed by atoms with E-state index < -0.39 is 6.03 Å². The number of aryl methyl sites for hydroxylation is 1. The molecule has 0 spiro atoms. The number of benzene rings is 1. The van der Waals surface area contributed by atoms with Crippen LogP contribution < -0.4 is 16.4 Å². The van der Waals surface area contributed by atoms with Crippen molar-refractivity contribution in [2.75, 3.05) is 36.8 Å². The molecule has 4 heterocycles. The van der Waals surface area contributed by atoms with Crippen LogP contribution in [-0.4, -0.2) is 68.6 Å². The minimum atomic E-state index is -0.519. The van der Waals surface area contributed by atoms with Gasteiger partial charge in [-0.2, -0.15) is 0 Å². The maximum Gasteiger partial charge on any atom is 0.323 e. The van der Waals surface area contributed by atoms with Gasteiger partial charge in [-0.15, -0.1) is 0 Å². The number of hydrogen-bond donors (Lipinski definition) is 3. The van der Waals surface area contributed by atoms with Gasteiger partial charge < -0.3 is 20.9 Å². The van der Waals surface area contributed by atoms with Crippen LogP contribution >= 0.6 is 0 Å². The summed E-state index contributed by atoms with van der Waals surface area (Å²) in [6.45, 7) is 7.73. The molecule has 0 unspecified atom stereocenters. The molecular formula is C25H32N8O2. The molecule has 2 aromatic heterocycles. The second-order valence-corrected chi connectivity index (χ2v) is 9.42. The zero-order chi connectivity index (χ0) is 24.5. The highest BCUT2D eigenvalue weighted by Gasteiger charge is 2.28. The Bertz CT molecular complexity index is 1260. The number of nitrogens with zero attached hydrogens (tertiary/aromatic N) is 5. The Labute approximate surface area is 204 Å². The Morgan fingerprint density at radius 1 is 1.00 bits per heavy atom. The summed E-state index contributed by atoms with van der Waals surface area (Å²) in [5.41, 5.74) is 8.92. The molecule has 35 heavy (non-hydrogen) atoms. The van der Waals surface area contributed by atoms with Crippen LogP contribution in [0, 0.1) is 13.8 Å². The fourth-order valence-electron chi connectivity index (χ4n) is 5.31. The number of urea groups is 1. The number of amides is 3. The molecule has 5 rings (SSSR count). The third-order valence-corrected chi connectivity index (χ3v) is 7.32. The number of nitrogens with two attached hydrogens (primary N) is 1. The minimum Gasteiger partial charge on any atom is -0.351 e. The van der Waals surface area contributed by atoms with Gasteiger partial charge in [0, 0.05) is 42.0 Å². The molecule has 0 aliphatic carbocycles. The number of primary amides is 1. The first-order valence-corrected chi connectivity index (χ1v) is 12.2. The molecule has 2 aliphatic heterocycles. The van der Waals surface area contributed by atoms with E-state index in [2.05, 4.69) is 25.5 Å². The quantitative estimate of drug-likeness (QED) is 0.526. The number of carbonyl (C=O) groups excluding carboxylic acids is 2. The van der Waals surface area contributed by atoms with Crippen LogP contribution in [0.3, 0.4) is 0 Å². The van der Waals surface area contributed by atoms with Crippen LogP contribution in [-0.2, 0) is 0 Å². The summed E-state index contributed by atoms with van der Waals surface area (Å²) >= 11 is 0. The first kappa shape index (κ1) is 23.1.